The zero-order valence-electron chi connectivity index (χ0n) is 14.8. The minimum atomic E-state index is -1.17. The SMILES string of the molecule is CCCN(CCC)C(=O)c1ccc(NC(=O)c2cc(C(=O)O)co2)cc1. The van der Waals surface area contributed by atoms with E-state index in [0.717, 1.165) is 25.2 Å². The van der Waals surface area contributed by atoms with Crippen molar-refractivity contribution in [1.82, 2.24) is 4.90 Å². The number of nitrogens with one attached hydrogen (secondary N) is 1. The van der Waals surface area contributed by atoms with Crippen LogP contribution < -0.4 is 5.32 Å². The summed E-state index contributed by atoms with van der Waals surface area (Å²) in [6, 6.07) is 7.72. The maximum absolute atomic E-state index is 12.5. The molecule has 7 heteroatoms. The number of rotatable bonds is 8. The van der Waals surface area contributed by atoms with E-state index >= 15 is 0 Å². The van der Waals surface area contributed by atoms with Gasteiger partial charge in [0.2, 0.25) is 0 Å². The fraction of sp³-hybridized carbons (Fsp3) is 0.316. The fourth-order valence-corrected chi connectivity index (χ4v) is 2.49. The van der Waals surface area contributed by atoms with Crippen LogP contribution in [-0.2, 0) is 0 Å². The number of furan rings is 1. The van der Waals surface area contributed by atoms with Crippen molar-refractivity contribution in [3.8, 4) is 0 Å². The largest absolute Gasteiger partial charge is 0.478 e. The van der Waals surface area contributed by atoms with Crippen LogP contribution in [0.3, 0.4) is 0 Å². The lowest BCUT2D eigenvalue weighted by Gasteiger charge is -2.21. The maximum Gasteiger partial charge on any atom is 0.338 e. The van der Waals surface area contributed by atoms with Gasteiger partial charge in [-0.3, -0.25) is 9.59 Å². The Kier molecular flexibility index (Phi) is 6.54. The van der Waals surface area contributed by atoms with Gasteiger partial charge in [-0.15, -0.1) is 0 Å². The summed E-state index contributed by atoms with van der Waals surface area (Å²) in [4.78, 5) is 37.2. The second kappa shape index (κ2) is 8.84. The lowest BCUT2D eigenvalue weighted by atomic mass is 10.1. The molecule has 2 rings (SSSR count). The molecule has 7 nitrogen and oxygen atoms in total. The molecule has 138 valence electrons. The second-order valence-corrected chi connectivity index (χ2v) is 5.83. The summed E-state index contributed by atoms with van der Waals surface area (Å²) in [6.45, 7) is 5.46. The minimum absolute atomic E-state index is 0.0382. The Bertz CT molecular complexity index is 773. The molecule has 2 amide bonds. The van der Waals surface area contributed by atoms with Gasteiger partial charge in [0.15, 0.2) is 5.76 Å². The lowest BCUT2D eigenvalue weighted by molar-refractivity contribution is 0.0694. The van der Waals surface area contributed by atoms with Crippen molar-refractivity contribution in [1.29, 1.82) is 0 Å². The highest BCUT2D eigenvalue weighted by Crippen LogP contribution is 2.15. The Morgan fingerprint density at radius 2 is 1.65 bits per heavy atom. The summed E-state index contributed by atoms with van der Waals surface area (Å²) in [7, 11) is 0. The third kappa shape index (κ3) is 4.72. The first kappa shape index (κ1) is 19.2. The molecule has 2 N–H and O–H groups in total. The van der Waals surface area contributed by atoms with Gasteiger partial charge in [0, 0.05) is 30.4 Å². The zero-order valence-corrected chi connectivity index (χ0v) is 14.8. The van der Waals surface area contributed by atoms with E-state index in [0.29, 0.717) is 24.3 Å². The number of carbonyl (C=O) groups excluding carboxylic acids is 2. The molecule has 2 aromatic rings. The summed E-state index contributed by atoms with van der Waals surface area (Å²) in [5, 5.41) is 11.5. The molecule has 0 atom stereocenters. The molecular weight excluding hydrogens is 336 g/mol. The number of anilines is 1. The van der Waals surface area contributed by atoms with E-state index in [9.17, 15) is 14.4 Å². The van der Waals surface area contributed by atoms with Gasteiger partial charge in [-0.25, -0.2) is 4.79 Å². The summed E-state index contributed by atoms with van der Waals surface area (Å²) < 4.78 is 4.95. The van der Waals surface area contributed by atoms with E-state index < -0.39 is 11.9 Å². The second-order valence-electron chi connectivity index (χ2n) is 5.83. The van der Waals surface area contributed by atoms with Gasteiger partial charge in [-0.1, -0.05) is 13.8 Å². The van der Waals surface area contributed by atoms with Crippen molar-refractivity contribution < 1.29 is 23.9 Å². The molecule has 0 fully saturated rings. The van der Waals surface area contributed by atoms with E-state index in [1.54, 1.807) is 24.3 Å². The van der Waals surface area contributed by atoms with Gasteiger partial charge in [0.1, 0.15) is 6.26 Å². The number of hydrogen-bond acceptors (Lipinski definition) is 4. The predicted octanol–water partition coefficient (Wildman–Crippen LogP) is 3.49. The number of carboxylic acids is 1. The fourth-order valence-electron chi connectivity index (χ4n) is 2.49. The van der Waals surface area contributed by atoms with Gasteiger partial charge in [-0.05, 0) is 37.1 Å². The topological polar surface area (TPSA) is 99.9 Å². The summed E-state index contributed by atoms with van der Waals surface area (Å²) in [5.74, 6) is -1.86. The molecule has 0 aliphatic carbocycles. The Hall–Kier alpha value is -3.09. The molecule has 1 heterocycles. The van der Waals surface area contributed by atoms with Gasteiger partial charge in [0.25, 0.3) is 11.8 Å². The Morgan fingerprint density at radius 3 is 2.15 bits per heavy atom. The van der Waals surface area contributed by atoms with Crippen molar-refractivity contribution >= 4 is 23.5 Å². The van der Waals surface area contributed by atoms with Crippen LogP contribution in [0, 0.1) is 0 Å². The van der Waals surface area contributed by atoms with E-state index in [1.807, 2.05) is 18.7 Å². The lowest BCUT2D eigenvalue weighted by Crippen LogP contribution is -2.32. The quantitative estimate of drug-likeness (QED) is 0.752. The van der Waals surface area contributed by atoms with E-state index in [4.69, 9.17) is 9.52 Å². The van der Waals surface area contributed by atoms with Crippen molar-refractivity contribution in [2.45, 2.75) is 26.7 Å². The van der Waals surface area contributed by atoms with E-state index in [2.05, 4.69) is 5.32 Å². The van der Waals surface area contributed by atoms with Crippen LogP contribution in [0.5, 0.6) is 0 Å². The maximum atomic E-state index is 12.5. The summed E-state index contributed by atoms with van der Waals surface area (Å²) in [5.41, 5.74) is 0.941. The molecule has 0 saturated heterocycles. The monoisotopic (exact) mass is 358 g/mol. The molecule has 0 aliphatic heterocycles. The highest BCUT2D eigenvalue weighted by Gasteiger charge is 2.16. The first-order chi connectivity index (χ1) is 12.5. The van der Waals surface area contributed by atoms with Crippen molar-refractivity contribution in [2.75, 3.05) is 18.4 Å². The number of benzene rings is 1. The Morgan fingerprint density at radius 1 is 1.04 bits per heavy atom. The van der Waals surface area contributed by atoms with Crippen LogP contribution >= 0.6 is 0 Å². The highest BCUT2D eigenvalue weighted by molar-refractivity contribution is 6.04. The van der Waals surface area contributed by atoms with Gasteiger partial charge >= 0.3 is 5.97 Å². The third-order valence-corrected chi connectivity index (χ3v) is 3.73. The Labute approximate surface area is 151 Å². The standard InChI is InChI=1S/C19H22N2O5/c1-3-9-21(10-4-2)18(23)13-5-7-15(8-6-13)20-17(22)16-11-14(12-26-16)19(24)25/h5-8,11-12H,3-4,9-10H2,1-2H3,(H,20,22)(H,24,25). The molecule has 0 bridgehead atoms. The Balaban J connectivity index is 2.05. The molecule has 0 aliphatic rings. The van der Waals surface area contributed by atoms with Gasteiger partial charge in [0.05, 0.1) is 5.56 Å². The number of amides is 2. The van der Waals surface area contributed by atoms with Crippen LogP contribution in [0.4, 0.5) is 5.69 Å². The first-order valence-corrected chi connectivity index (χ1v) is 8.48. The predicted molar refractivity (Wildman–Crippen MR) is 96.5 cm³/mol. The zero-order chi connectivity index (χ0) is 19.1. The summed E-state index contributed by atoms with van der Waals surface area (Å²) >= 11 is 0. The molecule has 0 unspecified atom stereocenters. The average Bonchev–Trinajstić information content (AvgIpc) is 3.12. The number of carboxylic acid groups (broad SMARTS) is 1. The first-order valence-electron chi connectivity index (χ1n) is 8.48. The number of nitrogens with zero attached hydrogens (tertiary/aromatic N) is 1. The van der Waals surface area contributed by atoms with Crippen molar-refractivity contribution in [2.24, 2.45) is 0 Å². The normalized spacial score (nSPS) is 10.4. The van der Waals surface area contributed by atoms with Crippen LogP contribution in [0.25, 0.3) is 0 Å². The van der Waals surface area contributed by atoms with Gasteiger partial charge < -0.3 is 19.7 Å². The van der Waals surface area contributed by atoms with Crippen LogP contribution in [0.2, 0.25) is 0 Å². The summed E-state index contributed by atoms with van der Waals surface area (Å²) in [6.07, 6.45) is 2.79. The number of hydrogen-bond donors (Lipinski definition) is 2. The van der Waals surface area contributed by atoms with E-state index in [1.165, 1.54) is 0 Å². The molecule has 26 heavy (non-hydrogen) atoms. The molecular formula is C19H22N2O5. The third-order valence-electron chi connectivity index (χ3n) is 3.73. The van der Waals surface area contributed by atoms with Crippen LogP contribution in [0.1, 0.15) is 58.0 Å². The van der Waals surface area contributed by atoms with Crippen LogP contribution in [0.15, 0.2) is 41.0 Å². The smallest absolute Gasteiger partial charge is 0.338 e. The van der Waals surface area contributed by atoms with Crippen molar-refractivity contribution in [3.63, 3.8) is 0 Å². The molecule has 0 spiro atoms. The number of carbonyl (C=O) groups is 3. The van der Waals surface area contributed by atoms with E-state index in [-0.39, 0.29) is 17.2 Å². The molecule has 1 aromatic heterocycles. The molecule has 0 saturated carbocycles. The molecule has 0 radical (unpaired) electrons. The van der Waals surface area contributed by atoms with Crippen molar-refractivity contribution in [3.05, 3.63) is 53.5 Å². The average molecular weight is 358 g/mol. The van der Waals surface area contributed by atoms with Gasteiger partial charge in [-0.2, -0.15) is 0 Å². The van der Waals surface area contributed by atoms with Crippen LogP contribution in [-0.4, -0.2) is 40.9 Å². The minimum Gasteiger partial charge on any atom is -0.478 e. The number of aromatic carboxylic acids is 1. The highest BCUT2D eigenvalue weighted by atomic mass is 16.4. The molecule has 1 aromatic carbocycles.